The summed E-state index contributed by atoms with van der Waals surface area (Å²) in [4.78, 5) is 13.9. The van der Waals surface area contributed by atoms with E-state index in [2.05, 4.69) is 10.1 Å². The molecule has 5 nitrogen and oxygen atoms in total. The number of hydrogen-bond acceptors (Lipinski definition) is 5. The molecular weight excluding hydrogens is 196 g/mol. The van der Waals surface area contributed by atoms with Gasteiger partial charge in [0.1, 0.15) is 0 Å². The number of furan rings is 1. The van der Waals surface area contributed by atoms with Crippen LogP contribution in [0.1, 0.15) is 10.6 Å². The van der Waals surface area contributed by atoms with Crippen molar-refractivity contribution < 1.29 is 13.7 Å². The van der Waals surface area contributed by atoms with E-state index >= 15 is 0 Å². The van der Waals surface area contributed by atoms with Gasteiger partial charge in [-0.1, -0.05) is 5.16 Å². The van der Waals surface area contributed by atoms with Crippen LogP contribution in [0.25, 0.3) is 11.7 Å². The molecule has 0 aliphatic rings. The molecule has 0 bridgehead atoms. The average molecular weight is 199 g/mol. The van der Waals surface area contributed by atoms with Crippen LogP contribution in [0.5, 0.6) is 0 Å². The lowest BCUT2D eigenvalue weighted by molar-refractivity contribution is 0.111. The molecule has 0 saturated heterocycles. The normalized spacial score (nSPS) is 10.2. The molecule has 0 atom stereocenters. The zero-order valence-corrected chi connectivity index (χ0v) is 6.99. The Balaban J connectivity index is 2.40. The van der Waals surface area contributed by atoms with E-state index in [4.69, 9.17) is 20.5 Å². The number of aromatic nitrogens is 2. The minimum Gasteiger partial charge on any atom is -0.440 e. The molecule has 0 spiro atoms. The van der Waals surface area contributed by atoms with Gasteiger partial charge in [0.2, 0.25) is 5.82 Å². The van der Waals surface area contributed by atoms with Crippen LogP contribution in [0.3, 0.4) is 0 Å². The van der Waals surface area contributed by atoms with E-state index in [9.17, 15) is 4.79 Å². The highest BCUT2D eigenvalue weighted by atomic mass is 35.5. The van der Waals surface area contributed by atoms with Crippen molar-refractivity contribution in [1.29, 1.82) is 0 Å². The zero-order chi connectivity index (χ0) is 9.26. The Labute approximate surface area is 77.3 Å². The Bertz CT molecular complexity index is 434. The standard InChI is InChI=1S/C7H3ClN2O3/c8-5-2-1-4(12-5)7-9-6(3-11)10-13-7/h1-3H. The molecule has 0 aromatic carbocycles. The fraction of sp³-hybridized carbons (Fsp3) is 0. The minimum atomic E-state index is -0.0254. The summed E-state index contributed by atoms with van der Waals surface area (Å²) in [6.45, 7) is 0. The molecule has 6 heteroatoms. The number of halogens is 1. The second kappa shape index (κ2) is 3.02. The predicted octanol–water partition coefficient (Wildman–Crippen LogP) is 1.80. The molecular formula is C7H3ClN2O3. The van der Waals surface area contributed by atoms with Crippen molar-refractivity contribution in [3.63, 3.8) is 0 Å². The molecule has 0 unspecified atom stereocenters. The van der Waals surface area contributed by atoms with Crippen molar-refractivity contribution >= 4 is 17.9 Å². The van der Waals surface area contributed by atoms with E-state index in [-0.39, 0.29) is 16.9 Å². The molecule has 0 fully saturated rings. The summed E-state index contributed by atoms with van der Waals surface area (Å²) in [6, 6.07) is 3.12. The first-order valence-electron chi connectivity index (χ1n) is 3.34. The molecule has 0 saturated carbocycles. The smallest absolute Gasteiger partial charge is 0.294 e. The predicted molar refractivity (Wildman–Crippen MR) is 42.4 cm³/mol. The highest BCUT2D eigenvalue weighted by Gasteiger charge is 2.11. The molecule has 2 aromatic rings. The maximum absolute atomic E-state index is 10.2. The van der Waals surface area contributed by atoms with Crippen molar-refractivity contribution in [1.82, 2.24) is 10.1 Å². The Morgan fingerprint density at radius 2 is 2.31 bits per heavy atom. The van der Waals surface area contributed by atoms with E-state index in [1.165, 1.54) is 0 Å². The van der Waals surface area contributed by atoms with E-state index in [1.54, 1.807) is 12.1 Å². The largest absolute Gasteiger partial charge is 0.440 e. The number of nitrogens with zero attached hydrogens (tertiary/aromatic N) is 2. The fourth-order valence-electron chi connectivity index (χ4n) is 0.812. The second-order valence-electron chi connectivity index (χ2n) is 2.18. The maximum Gasteiger partial charge on any atom is 0.294 e. The second-order valence-corrected chi connectivity index (χ2v) is 2.55. The number of aldehydes is 1. The monoisotopic (exact) mass is 198 g/mol. The third-order valence-corrected chi connectivity index (χ3v) is 1.53. The van der Waals surface area contributed by atoms with E-state index in [0.29, 0.717) is 12.0 Å². The summed E-state index contributed by atoms with van der Waals surface area (Å²) >= 11 is 5.52. The molecule has 0 amide bonds. The average Bonchev–Trinajstić information content (AvgIpc) is 2.71. The summed E-state index contributed by atoms with van der Waals surface area (Å²) < 4.78 is 9.69. The van der Waals surface area contributed by atoms with Crippen molar-refractivity contribution in [2.45, 2.75) is 0 Å². The number of hydrogen-bond donors (Lipinski definition) is 0. The molecule has 2 rings (SSSR count). The van der Waals surface area contributed by atoms with Crippen LogP contribution in [-0.2, 0) is 0 Å². The summed E-state index contributed by atoms with van der Waals surface area (Å²) in [7, 11) is 0. The van der Waals surface area contributed by atoms with Crippen LogP contribution >= 0.6 is 11.6 Å². The van der Waals surface area contributed by atoms with Gasteiger partial charge in [-0.25, -0.2) is 0 Å². The van der Waals surface area contributed by atoms with Crippen molar-refractivity contribution in [2.75, 3.05) is 0 Å². The highest BCUT2D eigenvalue weighted by Crippen LogP contribution is 2.22. The van der Waals surface area contributed by atoms with Crippen molar-refractivity contribution in [3.8, 4) is 11.7 Å². The molecule has 0 radical (unpaired) electrons. The van der Waals surface area contributed by atoms with Crippen LogP contribution in [0.4, 0.5) is 0 Å². The maximum atomic E-state index is 10.2. The lowest BCUT2D eigenvalue weighted by Crippen LogP contribution is -1.80. The highest BCUT2D eigenvalue weighted by molar-refractivity contribution is 6.28. The molecule has 2 aromatic heterocycles. The lowest BCUT2D eigenvalue weighted by atomic mass is 10.4. The summed E-state index contributed by atoms with van der Waals surface area (Å²) in [5.74, 6) is 0.446. The SMILES string of the molecule is O=Cc1noc(-c2ccc(Cl)o2)n1. The summed E-state index contributed by atoms with van der Waals surface area (Å²) in [5.41, 5.74) is 0. The van der Waals surface area contributed by atoms with E-state index in [0.717, 1.165) is 0 Å². The van der Waals surface area contributed by atoms with Gasteiger partial charge in [0, 0.05) is 0 Å². The number of carbonyl (C=O) groups excluding carboxylic acids is 1. The van der Waals surface area contributed by atoms with Crippen LogP contribution in [0.15, 0.2) is 21.1 Å². The molecule has 0 aliphatic carbocycles. The quantitative estimate of drug-likeness (QED) is 0.688. The summed E-state index contributed by atoms with van der Waals surface area (Å²) in [6.07, 6.45) is 0.484. The van der Waals surface area contributed by atoms with Crippen LogP contribution in [-0.4, -0.2) is 16.4 Å². The molecule has 0 aliphatic heterocycles. The third-order valence-electron chi connectivity index (χ3n) is 1.33. The van der Waals surface area contributed by atoms with Gasteiger partial charge in [-0.15, -0.1) is 0 Å². The van der Waals surface area contributed by atoms with E-state index < -0.39 is 0 Å². The Morgan fingerprint density at radius 3 is 2.85 bits per heavy atom. The van der Waals surface area contributed by atoms with Gasteiger partial charge in [-0.2, -0.15) is 4.98 Å². The third kappa shape index (κ3) is 1.46. The Morgan fingerprint density at radius 1 is 1.46 bits per heavy atom. The number of rotatable bonds is 2. The molecule has 13 heavy (non-hydrogen) atoms. The van der Waals surface area contributed by atoms with E-state index in [1.807, 2.05) is 0 Å². The number of carbonyl (C=O) groups is 1. The van der Waals surface area contributed by atoms with Gasteiger partial charge in [-0.05, 0) is 23.7 Å². The summed E-state index contributed by atoms with van der Waals surface area (Å²) in [5, 5.41) is 3.59. The van der Waals surface area contributed by atoms with Crippen LogP contribution < -0.4 is 0 Å². The molecule has 66 valence electrons. The van der Waals surface area contributed by atoms with Gasteiger partial charge in [0.15, 0.2) is 17.3 Å². The van der Waals surface area contributed by atoms with Crippen LogP contribution in [0.2, 0.25) is 5.22 Å². The molecule has 2 heterocycles. The zero-order valence-electron chi connectivity index (χ0n) is 6.23. The van der Waals surface area contributed by atoms with Gasteiger partial charge in [0.05, 0.1) is 0 Å². The van der Waals surface area contributed by atoms with Gasteiger partial charge < -0.3 is 8.94 Å². The van der Waals surface area contributed by atoms with Gasteiger partial charge in [-0.3, -0.25) is 4.79 Å². The molecule has 0 N–H and O–H groups in total. The topological polar surface area (TPSA) is 69.1 Å². The van der Waals surface area contributed by atoms with Crippen LogP contribution in [0, 0.1) is 0 Å². The first kappa shape index (κ1) is 8.00. The first-order chi connectivity index (χ1) is 6.29. The lowest BCUT2D eigenvalue weighted by Gasteiger charge is -1.82. The Hall–Kier alpha value is -1.62. The van der Waals surface area contributed by atoms with Crippen molar-refractivity contribution in [2.24, 2.45) is 0 Å². The van der Waals surface area contributed by atoms with Gasteiger partial charge >= 0.3 is 0 Å². The first-order valence-corrected chi connectivity index (χ1v) is 3.72. The van der Waals surface area contributed by atoms with Gasteiger partial charge in [0.25, 0.3) is 5.89 Å². The minimum absolute atomic E-state index is 0.0254. The fourth-order valence-corrected chi connectivity index (χ4v) is 0.958. The Kier molecular flexibility index (Phi) is 1.86. The van der Waals surface area contributed by atoms with Crippen molar-refractivity contribution in [3.05, 3.63) is 23.2 Å².